The summed E-state index contributed by atoms with van der Waals surface area (Å²) in [6, 6.07) is 27.8. The molecule has 0 bridgehead atoms. The van der Waals surface area contributed by atoms with Gasteiger partial charge in [0.15, 0.2) is 0 Å². The Kier molecular flexibility index (Phi) is 5.69. The van der Waals surface area contributed by atoms with Crippen molar-refractivity contribution in [3.63, 3.8) is 0 Å². The molecule has 0 N–H and O–H groups in total. The molecule has 0 saturated carbocycles. The minimum absolute atomic E-state index is 0.489. The normalized spacial score (nSPS) is 10.9. The van der Waals surface area contributed by atoms with Crippen molar-refractivity contribution >= 4 is 10.8 Å². The van der Waals surface area contributed by atoms with Gasteiger partial charge in [-0.1, -0.05) is 60.7 Å². The monoisotopic (exact) mass is 384 g/mol. The van der Waals surface area contributed by atoms with Gasteiger partial charge < -0.3 is 0 Å². The number of hydrogen-bond donors (Lipinski definition) is 0. The van der Waals surface area contributed by atoms with Crippen molar-refractivity contribution < 1.29 is 4.21 Å². The van der Waals surface area contributed by atoms with Gasteiger partial charge in [0.25, 0.3) is 0 Å². The number of benzene rings is 2. The molecule has 4 aromatic rings. The van der Waals surface area contributed by atoms with Gasteiger partial charge in [-0.05, 0) is 35.4 Å². The topological polar surface area (TPSA) is 42.9 Å². The largest absolute Gasteiger partial charge is 0.259 e. The SMILES string of the molecule is O=S(Cc1ccccc1-c1ccccn1)Cc1ccccc1-c1ccccn1. The number of hydrogen-bond acceptors (Lipinski definition) is 3. The summed E-state index contributed by atoms with van der Waals surface area (Å²) in [5.74, 6) is 0.979. The zero-order valence-corrected chi connectivity index (χ0v) is 16.2. The van der Waals surface area contributed by atoms with E-state index >= 15 is 0 Å². The van der Waals surface area contributed by atoms with Crippen LogP contribution in [0.15, 0.2) is 97.3 Å². The van der Waals surface area contributed by atoms with E-state index in [9.17, 15) is 4.21 Å². The summed E-state index contributed by atoms with van der Waals surface area (Å²) in [4.78, 5) is 8.89. The van der Waals surface area contributed by atoms with E-state index < -0.39 is 10.8 Å². The molecule has 138 valence electrons. The third kappa shape index (κ3) is 4.24. The molecule has 0 unspecified atom stereocenters. The summed E-state index contributed by atoms with van der Waals surface area (Å²) in [6.07, 6.45) is 3.57. The van der Waals surface area contributed by atoms with Crippen LogP contribution < -0.4 is 0 Å². The molecule has 2 aromatic heterocycles. The van der Waals surface area contributed by atoms with Crippen molar-refractivity contribution in [2.24, 2.45) is 0 Å². The second-order valence-corrected chi connectivity index (χ2v) is 7.93. The Morgan fingerprint density at radius 1 is 0.571 bits per heavy atom. The summed E-state index contributed by atoms with van der Waals surface area (Å²) in [5, 5.41) is 0. The minimum atomic E-state index is -1.05. The van der Waals surface area contributed by atoms with Gasteiger partial charge in [-0.2, -0.15) is 0 Å². The zero-order chi connectivity index (χ0) is 19.2. The number of aromatic nitrogens is 2. The van der Waals surface area contributed by atoms with Crippen LogP contribution in [0.5, 0.6) is 0 Å². The Morgan fingerprint density at radius 2 is 1.00 bits per heavy atom. The third-order valence-electron chi connectivity index (χ3n) is 4.55. The van der Waals surface area contributed by atoms with Crippen LogP contribution in [0, 0.1) is 0 Å². The maximum absolute atomic E-state index is 13.0. The average molecular weight is 385 g/mol. The molecule has 0 fully saturated rings. The van der Waals surface area contributed by atoms with Crippen LogP contribution in [0.4, 0.5) is 0 Å². The Balaban J connectivity index is 1.58. The molecular weight excluding hydrogens is 364 g/mol. The lowest BCUT2D eigenvalue weighted by atomic mass is 10.1. The highest BCUT2D eigenvalue weighted by atomic mass is 32.2. The predicted octanol–water partition coefficient (Wildman–Crippen LogP) is 5.26. The van der Waals surface area contributed by atoms with Crippen LogP contribution in [0.3, 0.4) is 0 Å². The summed E-state index contributed by atoms with van der Waals surface area (Å²) < 4.78 is 13.0. The lowest BCUT2D eigenvalue weighted by Crippen LogP contribution is -2.03. The fourth-order valence-electron chi connectivity index (χ4n) is 3.23. The predicted molar refractivity (Wildman–Crippen MR) is 115 cm³/mol. The van der Waals surface area contributed by atoms with Crippen molar-refractivity contribution in [2.75, 3.05) is 0 Å². The fourth-order valence-corrected chi connectivity index (χ4v) is 4.53. The van der Waals surface area contributed by atoms with Crippen LogP contribution >= 0.6 is 0 Å². The number of pyridine rings is 2. The Hall–Kier alpha value is -3.11. The minimum Gasteiger partial charge on any atom is -0.259 e. The van der Waals surface area contributed by atoms with Gasteiger partial charge in [0.05, 0.1) is 11.4 Å². The Morgan fingerprint density at radius 3 is 1.43 bits per heavy atom. The van der Waals surface area contributed by atoms with Crippen LogP contribution in [0.2, 0.25) is 0 Å². The van der Waals surface area contributed by atoms with Crippen molar-refractivity contribution in [1.29, 1.82) is 0 Å². The van der Waals surface area contributed by atoms with E-state index in [0.29, 0.717) is 11.5 Å². The van der Waals surface area contributed by atoms with Gasteiger partial charge in [-0.15, -0.1) is 0 Å². The van der Waals surface area contributed by atoms with Crippen molar-refractivity contribution in [2.45, 2.75) is 11.5 Å². The summed E-state index contributed by atoms with van der Waals surface area (Å²) in [5.41, 5.74) is 5.99. The molecule has 2 heterocycles. The van der Waals surface area contributed by atoms with Crippen molar-refractivity contribution in [3.05, 3.63) is 108 Å². The first-order valence-electron chi connectivity index (χ1n) is 9.15. The summed E-state index contributed by atoms with van der Waals surface area (Å²) >= 11 is 0. The molecule has 0 aliphatic rings. The van der Waals surface area contributed by atoms with Gasteiger partial charge in [-0.3, -0.25) is 14.2 Å². The van der Waals surface area contributed by atoms with Crippen LogP contribution in [-0.2, 0) is 22.3 Å². The second kappa shape index (κ2) is 8.72. The van der Waals surface area contributed by atoms with Gasteiger partial charge in [0.2, 0.25) is 0 Å². The highest BCUT2D eigenvalue weighted by Crippen LogP contribution is 2.26. The molecule has 0 amide bonds. The van der Waals surface area contributed by atoms with E-state index in [0.717, 1.165) is 33.6 Å². The Bertz CT molecular complexity index is 995. The van der Waals surface area contributed by atoms with Crippen LogP contribution in [0.25, 0.3) is 22.5 Å². The quantitative estimate of drug-likeness (QED) is 0.455. The van der Waals surface area contributed by atoms with Gasteiger partial charge in [-0.25, -0.2) is 0 Å². The first-order chi connectivity index (χ1) is 13.8. The summed E-state index contributed by atoms with van der Waals surface area (Å²) in [6.45, 7) is 0. The van der Waals surface area contributed by atoms with E-state index in [1.807, 2.05) is 84.9 Å². The number of rotatable bonds is 6. The van der Waals surface area contributed by atoms with Gasteiger partial charge >= 0.3 is 0 Å². The molecule has 0 aliphatic heterocycles. The standard InChI is InChI=1S/C24H20N2OS/c27-28(17-19-9-1-3-11-21(19)23-13-5-7-15-25-23)18-20-10-2-4-12-22(20)24-14-6-8-16-26-24/h1-16H,17-18H2. The smallest absolute Gasteiger partial charge is 0.0705 e. The first-order valence-corrected chi connectivity index (χ1v) is 10.6. The lowest BCUT2D eigenvalue weighted by Gasteiger charge is -2.11. The third-order valence-corrected chi connectivity index (χ3v) is 5.82. The molecule has 4 rings (SSSR count). The van der Waals surface area contributed by atoms with Crippen molar-refractivity contribution in [1.82, 2.24) is 9.97 Å². The molecule has 3 nitrogen and oxygen atoms in total. The number of nitrogens with zero attached hydrogens (tertiary/aromatic N) is 2. The van der Waals surface area contributed by atoms with Gasteiger partial charge in [0.1, 0.15) is 0 Å². The first kappa shape index (κ1) is 18.3. The molecule has 4 heteroatoms. The van der Waals surface area contributed by atoms with E-state index in [4.69, 9.17) is 0 Å². The molecule has 0 saturated heterocycles. The molecule has 0 spiro atoms. The second-order valence-electron chi connectivity index (χ2n) is 6.47. The van der Waals surface area contributed by atoms with Crippen LogP contribution in [-0.4, -0.2) is 14.2 Å². The molecule has 0 radical (unpaired) electrons. The maximum atomic E-state index is 13.0. The van der Waals surface area contributed by atoms with E-state index in [2.05, 4.69) is 9.97 Å². The molecule has 0 aliphatic carbocycles. The average Bonchev–Trinajstić information content (AvgIpc) is 2.76. The summed E-state index contributed by atoms with van der Waals surface area (Å²) in [7, 11) is -1.05. The van der Waals surface area contributed by atoms with E-state index in [1.165, 1.54) is 0 Å². The maximum Gasteiger partial charge on any atom is 0.0705 e. The highest BCUT2D eigenvalue weighted by molar-refractivity contribution is 7.83. The molecular formula is C24H20N2OS. The van der Waals surface area contributed by atoms with Gasteiger partial charge in [0, 0.05) is 45.8 Å². The Labute approximate surface area is 167 Å². The highest BCUT2D eigenvalue weighted by Gasteiger charge is 2.12. The van der Waals surface area contributed by atoms with Crippen molar-refractivity contribution in [3.8, 4) is 22.5 Å². The van der Waals surface area contributed by atoms with Crippen LogP contribution in [0.1, 0.15) is 11.1 Å². The van der Waals surface area contributed by atoms with E-state index in [-0.39, 0.29) is 0 Å². The molecule has 28 heavy (non-hydrogen) atoms. The fraction of sp³-hybridized carbons (Fsp3) is 0.0833. The molecule has 2 aromatic carbocycles. The van der Waals surface area contributed by atoms with E-state index in [1.54, 1.807) is 12.4 Å². The lowest BCUT2D eigenvalue weighted by molar-refractivity contribution is 0.682. The molecule has 0 atom stereocenters. The zero-order valence-electron chi connectivity index (χ0n) is 15.4.